The van der Waals surface area contributed by atoms with Crippen molar-refractivity contribution in [1.82, 2.24) is 4.98 Å². The van der Waals surface area contributed by atoms with Gasteiger partial charge in [-0.15, -0.1) is 11.6 Å². The highest BCUT2D eigenvalue weighted by Gasteiger charge is 2.11. The fourth-order valence-corrected chi connectivity index (χ4v) is 2.35. The molecule has 0 saturated carbocycles. The molecular weight excluding hydrogens is 268 g/mol. The van der Waals surface area contributed by atoms with Crippen molar-refractivity contribution < 1.29 is 0 Å². The maximum absolute atomic E-state index is 5.92. The van der Waals surface area contributed by atoms with Gasteiger partial charge in [0.1, 0.15) is 5.82 Å². The molecule has 0 bridgehead atoms. The van der Waals surface area contributed by atoms with Gasteiger partial charge in [0.25, 0.3) is 0 Å². The summed E-state index contributed by atoms with van der Waals surface area (Å²) in [5.41, 5.74) is 2.18. The minimum absolute atomic E-state index is 0.539. The molecule has 0 unspecified atom stereocenters. The Balaban J connectivity index is 2.82. The molecule has 0 fully saturated rings. The van der Waals surface area contributed by atoms with E-state index in [4.69, 9.17) is 16.6 Å². The van der Waals surface area contributed by atoms with E-state index in [0.29, 0.717) is 5.88 Å². The fourth-order valence-electron chi connectivity index (χ4n) is 2.06. The van der Waals surface area contributed by atoms with Crippen LogP contribution in [0.1, 0.15) is 51.8 Å². The van der Waals surface area contributed by atoms with E-state index in [2.05, 4.69) is 44.7 Å². The summed E-state index contributed by atoms with van der Waals surface area (Å²) in [6, 6.07) is 4.23. The van der Waals surface area contributed by atoms with Gasteiger partial charge in [0.2, 0.25) is 0 Å². The number of aryl methyl sites for hydroxylation is 1. The summed E-state index contributed by atoms with van der Waals surface area (Å²) in [7, 11) is 0. The number of rotatable bonds is 8. The molecule has 114 valence electrons. The Bertz CT molecular complexity index is 390. The zero-order chi connectivity index (χ0) is 15.1. The Kier molecular flexibility index (Phi) is 7.36. The van der Waals surface area contributed by atoms with Crippen LogP contribution < -0.4 is 4.90 Å². The van der Waals surface area contributed by atoms with Crippen molar-refractivity contribution in [3.05, 3.63) is 23.4 Å². The van der Waals surface area contributed by atoms with E-state index >= 15 is 0 Å². The second kappa shape index (κ2) is 8.51. The van der Waals surface area contributed by atoms with Gasteiger partial charge >= 0.3 is 0 Å². The number of anilines is 1. The molecule has 0 N–H and O–H groups in total. The van der Waals surface area contributed by atoms with Crippen LogP contribution in [-0.4, -0.2) is 18.1 Å². The van der Waals surface area contributed by atoms with Gasteiger partial charge in [-0.05, 0) is 43.2 Å². The summed E-state index contributed by atoms with van der Waals surface area (Å²) in [5.74, 6) is 3.08. The highest BCUT2D eigenvalue weighted by atomic mass is 35.5. The van der Waals surface area contributed by atoms with Gasteiger partial charge in [-0.2, -0.15) is 0 Å². The van der Waals surface area contributed by atoms with Gasteiger partial charge in [0, 0.05) is 24.7 Å². The Morgan fingerprint density at radius 1 is 1.05 bits per heavy atom. The van der Waals surface area contributed by atoms with Gasteiger partial charge in [0.05, 0.1) is 0 Å². The van der Waals surface area contributed by atoms with Crippen molar-refractivity contribution in [2.24, 2.45) is 11.8 Å². The highest BCUT2D eigenvalue weighted by molar-refractivity contribution is 6.17. The molecule has 0 spiro atoms. The molecule has 1 aromatic rings. The van der Waals surface area contributed by atoms with Gasteiger partial charge < -0.3 is 4.90 Å². The van der Waals surface area contributed by atoms with Crippen LogP contribution in [0.25, 0.3) is 0 Å². The number of alkyl halides is 1. The fraction of sp³-hybridized carbons (Fsp3) is 0.706. The van der Waals surface area contributed by atoms with Gasteiger partial charge in [-0.3, -0.25) is 0 Å². The summed E-state index contributed by atoms with van der Waals surface area (Å²) in [6.45, 7) is 13.3. The molecule has 1 rings (SSSR count). The van der Waals surface area contributed by atoms with Crippen molar-refractivity contribution in [1.29, 1.82) is 0 Å². The van der Waals surface area contributed by atoms with Gasteiger partial charge in [-0.25, -0.2) is 4.98 Å². The lowest BCUT2D eigenvalue weighted by Gasteiger charge is -2.26. The highest BCUT2D eigenvalue weighted by Crippen LogP contribution is 2.18. The number of hydrogen-bond acceptors (Lipinski definition) is 2. The van der Waals surface area contributed by atoms with Gasteiger partial charge in [-0.1, -0.05) is 33.8 Å². The van der Waals surface area contributed by atoms with Crippen LogP contribution in [0.3, 0.4) is 0 Å². The number of pyridine rings is 1. The first-order valence-electron chi connectivity index (χ1n) is 7.71. The van der Waals surface area contributed by atoms with Crippen molar-refractivity contribution in [2.45, 2.75) is 53.3 Å². The lowest BCUT2D eigenvalue weighted by molar-refractivity contribution is 0.533. The van der Waals surface area contributed by atoms with Gasteiger partial charge in [0.15, 0.2) is 0 Å². The van der Waals surface area contributed by atoms with E-state index in [1.807, 2.05) is 6.92 Å². The molecule has 2 nitrogen and oxygen atoms in total. The number of aromatic nitrogens is 1. The van der Waals surface area contributed by atoms with Crippen LogP contribution in [0.5, 0.6) is 0 Å². The summed E-state index contributed by atoms with van der Waals surface area (Å²) in [5, 5.41) is 0. The van der Waals surface area contributed by atoms with E-state index in [1.54, 1.807) is 0 Å². The van der Waals surface area contributed by atoms with Crippen molar-refractivity contribution in [3.63, 3.8) is 0 Å². The molecule has 0 saturated heterocycles. The molecule has 0 aliphatic heterocycles. The smallest absolute Gasteiger partial charge is 0.128 e. The Hall–Kier alpha value is -0.760. The molecule has 0 aliphatic carbocycles. The lowest BCUT2D eigenvalue weighted by atomic mass is 10.1. The first kappa shape index (κ1) is 17.3. The zero-order valence-electron chi connectivity index (χ0n) is 13.6. The Morgan fingerprint density at radius 2 is 1.60 bits per heavy atom. The molecular formula is C17H29ClN2. The lowest BCUT2D eigenvalue weighted by Crippen LogP contribution is -2.28. The quantitative estimate of drug-likeness (QED) is 0.626. The maximum atomic E-state index is 5.92. The predicted molar refractivity (Wildman–Crippen MR) is 89.7 cm³/mol. The molecule has 0 aliphatic rings. The van der Waals surface area contributed by atoms with Crippen LogP contribution in [0, 0.1) is 18.8 Å². The Labute approximate surface area is 129 Å². The Morgan fingerprint density at radius 3 is 2.00 bits per heavy atom. The van der Waals surface area contributed by atoms with E-state index in [0.717, 1.165) is 42.0 Å². The van der Waals surface area contributed by atoms with E-state index in [-0.39, 0.29) is 0 Å². The number of halogens is 1. The molecule has 20 heavy (non-hydrogen) atoms. The standard InChI is InChI=1S/C17H29ClN2/c1-13(2)8-10-20(11-9-14(3)4)17-7-6-16(12-18)15(5)19-17/h6-7,13-14H,8-12H2,1-5H3. The average molecular weight is 297 g/mol. The van der Waals surface area contributed by atoms with E-state index in [9.17, 15) is 0 Å². The first-order chi connectivity index (χ1) is 9.43. The molecule has 0 radical (unpaired) electrons. The monoisotopic (exact) mass is 296 g/mol. The van der Waals surface area contributed by atoms with Crippen LogP contribution in [0.4, 0.5) is 5.82 Å². The van der Waals surface area contributed by atoms with E-state index < -0.39 is 0 Å². The number of hydrogen-bond donors (Lipinski definition) is 0. The second-order valence-corrected chi connectivity index (χ2v) is 6.67. The largest absolute Gasteiger partial charge is 0.357 e. The normalized spacial score (nSPS) is 11.4. The molecule has 3 heteroatoms. The zero-order valence-corrected chi connectivity index (χ0v) is 14.4. The third-order valence-corrected chi connectivity index (χ3v) is 3.89. The van der Waals surface area contributed by atoms with Crippen LogP contribution in [0.15, 0.2) is 12.1 Å². The summed E-state index contributed by atoms with van der Waals surface area (Å²) in [6.07, 6.45) is 2.41. The summed E-state index contributed by atoms with van der Waals surface area (Å²) in [4.78, 5) is 7.16. The molecule has 0 atom stereocenters. The topological polar surface area (TPSA) is 16.1 Å². The van der Waals surface area contributed by atoms with Crippen LogP contribution in [0.2, 0.25) is 0 Å². The van der Waals surface area contributed by atoms with Crippen LogP contribution >= 0.6 is 11.6 Å². The van der Waals surface area contributed by atoms with Crippen molar-refractivity contribution in [2.75, 3.05) is 18.0 Å². The van der Waals surface area contributed by atoms with Crippen LogP contribution in [-0.2, 0) is 5.88 Å². The maximum Gasteiger partial charge on any atom is 0.128 e. The summed E-state index contributed by atoms with van der Waals surface area (Å²) >= 11 is 5.92. The summed E-state index contributed by atoms with van der Waals surface area (Å²) < 4.78 is 0. The average Bonchev–Trinajstić information content (AvgIpc) is 2.38. The minimum atomic E-state index is 0.539. The molecule has 1 aromatic heterocycles. The third kappa shape index (κ3) is 5.70. The predicted octanol–water partition coefficient (Wildman–Crippen LogP) is 5.03. The second-order valence-electron chi connectivity index (χ2n) is 6.40. The van der Waals surface area contributed by atoms with E-state index in [1.165, 1.54) is 12.8 Å². The minimum Gasteiger partial charge on any atom is -0.357 e. The first-order valence-corrected chi connectivity index (χ1v) is 8.25. The van der Waals surface area contributed by atoms with Crippen molar-refractivity contribution >= 4 is 17.4 Å². The molecule has 1 heterocycles. The SMILES string of the molecule is Cc1nc(N(CCC(C)C)CCC(C)C)ccc1CCl. The number of nitrogens with zero attached hydrogens (tertiary/aromatic N) is 2. The molecule has 0 amide bonds. The molecule has 0 aromatic carbocycles. The third-order valence-electron chi connectivity index (χ3n) is 3.60. The van der Waals surface area contributed by atoms with Crippen molar-refractivity contribution in [3.8, 4) is 0 Å².